The van der Waals surface area contributed by atoms with E-state index in [1.807, 2.05) is 66.7 Å². The van der Waals surface area contributed by atoms with Crippen LogP contribution in [-0.4, -0.2) is 14.9 Å². The van der Waals surface area contributed by atoms with Crippen LogP contribution in [0.2, 0.25) is 0 Å². The van der Waals surface area contributed by atoms with Gasteiger partial charge in [0.2, 0.25) is 0 Å². The summed E-state index contributed by atoms with van der Waals surface area (Å²) >= 11 is 0. The quantitative estimate of drug-likeness (QED) is 0.607. The van der Waals surface area contributed by atoms with Gasteiger partial charge in [0.15, 0.2) is 0 Å². The summed E-state index contributed by atoms with van der Waals surface area (Å²) in [5.41, 5.74) is 3.80. The van der Waals surface area contributed by atoms with E-state index in [9.17, 15) is 9.47 Å². The van der Waals surface area contributed by atoms with Gasteiger partial charge in [-0.15, -0.1) is 0 Å². The van der Waals surface area contributed by atoms with Crippen molar-refractivity contribution in [1.82, 2.24) is 4.98 Å². The molecule has 1 aromatic heterocycles. The Morgan fingerprint density at radius 1 is 1.00 bits per heavy atom. The molecule has 0 bridgehead atoms. The van der Waals surface area contributed by atoms with Gasteiger partial charge in [-0.25, -0.2) is 4.98 Å². The van der Waals surface area contributed by atoms with Gasteiger partial charge in [0.05, 0.1) is 22.1 Å². The highest BCUT2D eigenvalue weighted by Gasteiger charge is 2.19. The Hall–Kier alpha value is -2.77. The van der Waals surface area contributed by atoms with E-state index in [0.717, 1.165) is 35.2 Å². The van der Waals surface area contributed by atoms with E-state index in [0.29, 0.717) is 16.3 Å². The molecule has 1 unspecified atom stereocenters. The second kappa shape index (κ2) is 8.55. The second-order valence-corrected chi connectivity index (χ2v) is 7.47. The number of pyridine rings is 1. The highest BCUT2D eigenvalue weighted by atomic mass is 32.2. The SMILES string of the molecule is CCCCS(=O)c1nc(-c2ccccc2)cc(-c2ccccc2)c1C#N. The molecule has 4 heteroatoms. The Morgan fingerprint density at radius 3 is 2.19 bits per heavy atom. The van der Waals surface area contributed by atoms with Crippen molar-refractivity contribution in [1.29, 1.82) is 5.26 Å². The minimum atomic E-state index is -1.30. The molecule has 0 saturated carbocycles. The molecule has 0 saturated heterocycles. The molecule has 3 nitrogen and oxygen atoms in total. The molecule has 0 aliphatic carbocycles. The number of unbranched alkanes of at least 4 members (excludes halogenated alkanes) is 1. The standard InChI is InChI=1S/C22H20N2OS/c1-2-3-14-26(25)22-20(16-23)19(17-10-6-4-7-11-17)15-21(24-22)18-12-8-5-9-13-18/h4-13,15H,2-3,14H2,1H3. The maximum Gasteiger partial charge on any atom is 0.146 e. The van der Waals surface area contributed by atoms with Crippen molar-refractivity contribution in [2.45, 2.75) is 24.8 Å². The van der Waals surface area contributed by atoms with Crippen molar-refractivity contribution >= 4 is 10.8 Å². The van der Waals surface area contributed by atoms with Gasteiger partial charge < -0.3 is 0 Å². The van der Waals surface area contributed by atoms with Crippen molar-refractivity contribution < 1.29 is 4.21 Å². The Balaban J connectivity index is 2.22. The van der Waals surface area contributed by atoms with Crippen LogP contribution in [0.3, 0.4) is 0 Å². The van der Waals surface area contributed by atoms with Crippen LogP contribution in [-0.2, 0) is 10.8 Å². The maximum atomic E-state index is 12.8. The van der Waals surface area contributed by atoms with Crippen molar-refractivity contribution in [3.63, 3.8) is 0 Å². The van der Waals surface area contributed by atoms with Crippen LogP contribution in [0.1, 0.15) is 25.3 Å². The van der Waals surface area contributed by atoms with Crippen LogP contribution in [0, 0.1) is 11.3 Å². The molecule has 1 heterocycles. The van der Waals surface area contributed by atoms with Gasteiger partial charge in [0, 0.05) is 16.9 Å². The molecule has 0 fully saturated rings. The monoisotopic (exact) mass is 360 g/mol. The normalized spacial score (nSPS) is 11.7. The molecule has 3 rings (SSSR count). The Morgan fingerprint density at radius 2 is 1.62 bits per heavy atom. The van der Waals surface area contributed by atoms with Crippen LogP contribution in [0.4, 0.5) is 0 Å². The van der Waals surface area contributed by atoms with Crippen molar-refractivity contribution in [3.8, 4) is 28.5 Å². The minimum absolute atomic E-state index is 0.390. The maximum absolute atomic E-state index is 12.8. The zero-order valence-electron chi connectivity index (χ0n) is 14.7. The number of rotatable bonds is 6. The van der Waals surface area contributed by atoms with Crippen LogP contribution < -0.4 is 0 Å². The fourth-order valence-corrected chi connectivity index (χ4v) is 4.10. The van der Waals surface area contributed by atoms with Crippen LogP contribution >= 0.6 is 0 Å². The second-order valence-electron chi connectivity index (χ2n) is 5.98. The highest BCUT2D eigenvalue weighted by molar-refractivity contribution is 7.85. The van der Waals surface area contributed by atoms with Crippen LogP contribution in [0.5, 0.6) is 0 Å². The fraction of sp³-hybridized carbons (Fsp3) is 0.182. The number of aromatic nitrogens is 1. The largest absolute Gasteiger partial charge is 0.253 e. The van der Waals surface area contributed by atoms with Gasteiger partial charge in [0.1, 0.15) is 11.1 Å². The first-order chi connectivity index (χ1) is 12.7. The first-order valence-electron chi connectivity index (χ1n) is 8.69. The van der Waals surface area contributed by atoms with E-state index in [1.54, 1.807) is 0 Å². The summed E-state index contributed by atoms with van der Waals surface area (Å²) in [6.07, 6.45) is 1.80. The molecule has 0 spiro atoms. The zero-order chi connectivity index (χ0) is 18.4. The number of hydrogen-bond donors (Lipinski definition) is 0. The zero-order valence-corrected chi connectivity index (χ0v) is 15.5. The molecule has 0 aliphatic rings. The summed E-state index contributed by atoms with van der Waals surface area (Å²) < 4.78 is 12.8. The molecular weight excluding hydrogens is 340 g/mol. The smallest absolute Gasteiger partial charge is 0.146 e. The lowest BCUT2D eigenvalue weighted by atomic mass is 9.99. The van der Waals surface area contributed by atoms with Gasteiger partial charge in [-0.05, 0) is 18.1 Å². The molecule has 0 N–H and O–H groups in total. The van der Waals surface area contributed by atoms with Crippen LogP contribution in [0.25, 0.3) is 22.4 Å². The molecule has 2 aromatic carbocycles. The molecule has 0 aliphatic heterocycles. The Bertz CT molecular complexity index is 947. The first-order valence-corrected chi connectivity index (χ1v) is 10.0. The number of hydrogen-bond acceptors (Lipinski definition) is 3. The number of nitrogens with zero attached hydrogens (tertiary/aromatic N) is 2. The lowest BCUT2D eigenvalue weighted by Gasteiger charge is -2.12. The Labute approximate surface area is 156 Å². The van der Waals surface area contributed by atoms with Crippen LogP contribution in [0.15, 0.2) is 71.8 Å². The third-order valence-corrected chi connectivity index (χ3v) is 5.54. The summed E-state index contributed by atoms with van der Waals surface area (Å²) in [4.78, 5) is 4.63. The number of nitriles is 1. The van der Waals surface area contributed by atoms with E-state index in [-0.39, 0.29) is 0 Å². The number of benzene rings is 2. The summed E-state index contributed by atoms with van der Waals surface area (Å²) in [5.74, 6) is 0.519. The van der Waals surface area contributed by atoms with Gasteiger partial charge in [-0.2, -0.15) is 5.26 Å². The van der Waals surface area contributed by atoms with Gasteiger partial charge in [-0.1, -0.05) is 74.0 Å². The predicted molar refractivity (Wildman–Crippen MR) is 106 cm³/mol. The molecule has 26 heavy (non-hydrogen) atoms. The average molecular weight is 360 g/mol. The molecule has 1 atom stereocenters. The highest BCUT2D eigenvalue weighted by Crippen LogP contribution is 2.31. The van der Waals surface area contributed by atoms with E-state index >= 15 is 0 Å². The Kier molecular flexibility index (Phi) is 5.93. The van der Waals surface area contributed by atoms with Crippen molar-refractivity contribution in [2.24, 2.45) is 0 Å². The summed E-state index contributed by atoms with van der Waals surface area (Å²) in [5, 5.41) is 10.2. The van der Waals surface area contributed by atoms with Gasteiger partial charge in [-0.3, -0.25) is 4.21 Å². The summed E-state index contributed by atoms with van der Waals surface area (Å²) in [6, 6.07) is 23.7. The molecule has 0 radical (unpaired) electrons. The van der Waals surface area contributed by atoms with E-state index in [1.165, 1.54) is 0 Å². The lowest BCUT2D eigenvalue weighted by Crippen LogP contribution is -2.06. The van der Waals surface area contributed by atoms with E-state index < -0.39 is 10.8 Å². The fourth-order valence-electron chi connectivity index (χ4n) is 2.77. The lowest BCUT2D eigenvalue weighted by molar-refractivity contribution is 0.676. The first kappa shape index (κ1) is 18.0. The van der Waals surface area contributed by atoms with E-state index in [2.05, 4.69) is 18.0 Å². The van der Waals surface area contributed by atoms with Crippen molar-refractivity contribution in [2.75, 3.05) is 5.75 Å². The third-order valence-electron chi connectivity index (χ3n) is 4.15. The van der Waals surface area contributed by atoms with Gasteiger partial charge >= 0.3 is 0 Å². The summed E-state index contributed by atoms with van der Waals surface area (Å²) in [6.45, 7) is 2.06. The van der Waals surface area contributed by atoms with Crippen molar-refractivity contribution in [3.05, 3.63) is 72.3 Å². The summed E-state index contributed by atoms with van der Waals surface area (Å²) in [7, 11) is -1.30. The molecule has 3 aromatic rings. The molecule has 130 valence electrons. The molecular formula is C22H20N2OS. The average Bonchev–Trinajstić information content (AvgIpc) is 2.72. The third kappa shape index (κ3) is 3.89. The van der Waals surface area contributed by atoms with Gasteiger partial charge in [0.25, 0.3) is 0 Å². The van der Waals surface area contributed by atoms with E-state index in [4.69, 9.17) is 0 Å². The minimum Gasteiger partial charge on any atom is -0.253 e. The topological polar surface area (TPSA) is 53.8 Å². The molecule has 0 amide bonds. The predicted octanol–water partition coefficient (Wildman–Crippen LogP) is 5.19.